The fraction of sp³-hybridized carbons (Fsp3) is 0. The van der Waals surface area contributed by atoms with Gasteiger partial charge in [-0.1, -0.05) is 11.6 Å². The van der Waals surface area contributed by atoms with E-state index in [-0.39, 0.29) is 16.7 Å². The van der Waals surface area contributed by atoms with Crippen LogP contribution in [0, 0.1) is 11.3 Å². The molecule has 2 heterocycles. The van der Waals surface area contributed by atoms with Crippen molar-refractivity contribution in [3.05, 3.63) is 70.0 Å². The number of benzene rings is 1. The first-order valence-electron chi connectivity index (χ1n) is 7.02. The number of nitrogens with one attached hydrogen (secondary N) is 2. The second-order valence-corrected chi connectivity index (χ2v) is 6.35. The molecule has 0 bridgehead atoms. The lowest BCUT2D eigenvalue weighted by molar-refractivity contribution is 0.0995. The molecule has 0 fully saturated rings. The molecule has 2 aromatic heterocycles. The van der Waals surface area contributed by atoms with Gasteiger partial charge in [-0.05, 0) is 42.5 Å². The number of thiophene rings is 1. The van der Waals surface area contributed by atoms with Gasteiger partial charge >= 0.3 is 0 Å². The maximum Gasteiger partial charge on any atom is 0.291 e. The zero-order chi connectivity index (χ0) is 17.8. The third kappa shape index (κ3) is 3.88. The SMILES string of the molecule is N#Cc1ccc(NC(=O)c2ccc(NC(=O)c3ccco3)s2)cc1Cl. The van der Waals surface area contributed by atoms with E-state index in [0.29, 0.717) is 21.1 Å². The number of carbonyl (C=O) groups is 2. The molecule has 0 aliphatic carbocycles. The largest absolute Gasteiger partial charge is 0.459 e. The minimum Gasteiger partial charge on any atom is -0.459 e. The molecule has 0 unspecified atom stereocenters. The molecule has 2 N–H and O–H groups in total. The Morgan fingerprint density at radius 3 is 2.64 bits per heavy atom. The van der Waals surface area contributed by atoms with E-state index in [0.717, 1.165) is 11.3 Å². The van der Waals surface area contributed by atoms with Crippen molar-refractivity contribution >= 4 is 45.4 Å². The molecular weight excluding hydrogens is 362 g/mol. The Balaban J connectivity index is 1.67. The number of furan rings is 1. The number of hydrogen-bond acceptors (Lipinski definition) is 5. The highest BCUT2D eigenvalue weighted by Crippen LogP contribution is 2.25. The Morgan fingerprint density at radius 1 is 1.12 bits per heavy atom. The first-order chi connectivity index (χ1) is 12.1. The van der Waals surface area contributed by atoms with Crippen molar-refractivity contribution in [3.63, 3.8) is 0 Å². The molecule has 0 spiro atoms. The van der Waals surface area contributed by atoms with Crippen LogP contribution in [0.4, 0.5) is 10.7 Å². The summed E-state index contributed by atoms with van der Waals surface area (Å²) in [7, 11) is 0. The number of rotatable bonds is 4. The van der Waals surface area contributed by atoms with Crippen molar-refractivity contribution in [2.45, 2.75) is 0 Å². The minimum atomic E-state index is -0.391. The van der Waals surface area contributed by atoms with Crippen LogP contribution in [0.5, 0.6) is 0 Å². The second kappa shape index (κ2) is 7.21. The number of hydrogen-bond donors (Lipinski definition) is 2. The van der Waals surface area contributed by atoms with Crippen molar-refractivity contribution in [3.8, 4) is 6.07 Å². The molecule has 0 aliphatic heterocycles. The molecular formula is C17H10ClN3O3S. The normalized spacial score (nSPS) is 10.1. The van der Waals surface area contributed by atoms with E-state index in [2.05, 4.69) is 10.6 Å². The summed E-state index contributed by atoms with van der Waals surface area (Å²) < 4.78 is 5.01. The maximum absolute atomic E-state index is 12.3. The van der Waals surface area contributed by atoms with E-state index in [4.69, 9.17) is 21.3 Å². The predicted molar refractivity (Wildman–Crippen MR) is 95.1 cm³/mol. The second-order valence-electron chi connectivity index (χ2n) is 4.86. The topological polar surface area (TPSA) is 95.1 Å². The monoisotopic (exact) mass is 371 g/mol. The van der Waals surface area contributed by atoms with Gasteiger partial charge in [-0.3, -0.25) is 9.59 Å². The van der Waals surface area contributed by atoms with E-state index in [1.165, 1.54) is 18.4 Å². The van der Waals surface area contributed by atoms with Gasteiger partial charge in [0.15, 0.2) is 5.76 Å². The first kappa shape index (κ1) is 16.8. The van der Waals surface area contributed by atoms with Crippen molar-refractivity contribution in [1.82, 2.24) is 0 Å². The summed E-state index contributed by atoms with van der Waals surface area (Å²) in [4.78, 5) is 24.6. The summed E-state index contributed by atoms with van der Waals surface area (Å²) in [5, 5.41) is 15.0. The Kier molecular flexibility index (Phi) is 4.84. The lowest BCUT2D eigenvalue weighted by Gasteiger charge is -2.04. The summed E-state index contributed by atoms with van der Waals surface area (Å²) in [6.07, 6.45) is 1.41. The van der Waals surface area contributed by atoms with E-state index < -0.39 is 5.91 Å². The quantitative estimate of drug-likeness (QED) is 0.711. The van der Waals surface area contributed by atoms with Gasteiger partial charge in [0.1, 0.15) is 6.07 Å². The van der Waals surface area contributed by atoms with Crippen molar-refractivity contribution in [2.24, 2.45) is 0 Å². The van der Waals surface area contributed by atoms with Crippen molar-refractivity contribution < 1.29 is 14.0 Å². The fourth-order valence-electron chi connectivity index (χ4n) is 1.98. The average Bonchev–Trinajstić information content (AvgIpc) is 3.27. The first-order valence-corrected chi connectivity index (χ1v) is 8.22. The summed E-state index contributed by atoms with van der Waals surface area (Å²) >= 11 is 7.07. The molecule has 6 nitrogen and oxygen atoms in total. The third-order valence-corrected chi connectivity index (χ3v) is 4.47. The molecule has 8 heteroatoms. The highest BCUT2D eigenvalue weighted by Gasteiger charge is 2.14. The third-order valence-electron chi connectivity index (χ3n) is 3.16. The van der Waals surface area contributed by atoms with Crippen LogP contribution >= 0.6 is 22.9 Å². The van der Waals surface area contributed by atoms with Crippen LogP contribution in [0.3, 0.4) is 0 Å². The zero-order valence-electron chi connectivity index (χ0n) is 12.6. The van der Waals surface area contributed by atoms with Crippen LogP contribution in [0.1, 0.15) is 25.8 Å². The van der Waals surface area contributed by atoms with E-state index in [9.17, 15) is 9.59 Å². The fourth-order valence-corrected chi connectivity index (χ4v) is 3.00. The van der Waals surface area contributed by atoms with E-state index in [1.807, 2.05) is 6.07 Å². The predicted octanol–water partition coefficient (Wildman–Crippen LogP) is 4.37. The van der Waals surface area contributed by atoms with Gasteiger partial charge in [0.2, 0.25) is 0 Å². The molecule has 0 radical (unpaired) electrons. The summed E-state index contributed by atoms with van der Waals surface area (Å²) in [6.45, 7) is 0. The molecule has 0 atom stereocenters. The van der Waals surface area contributed by atoms with Gasteiger partial charge in [0.25, 0.3) is 11.8 Å². The van der Waals surface area contributed by atoms with Gasteiger partial charge in [-0.2, -0.15) is 5.26 Å². The highest BCUT2D eigenvalue weighted by atomic mass is 35.5. The molecule has 124 valence electrons. The van der Waals surface area contributed by atoms with Crippen molar-refractivity contribution in [2.75, 3.05) is 10.6 Å². The molecule has 25 heavy (non-hydrogen) atoms. The van der Waals surface area contributed by atoms with Crippen LogP contribution in [0.15, 0.2) is 53.1 Å². The standard InChI is InChI=1S/C17H10ClN3O3S/c18-12-8-11(4-3-10(12)9-19)20-17(23)14-5-6-15(25-14)21-16(22)13-2-1-7-24-13/h1-8H,(H,20,23)(H,21,22). The maximum atomic E-state index is 12.3. The van der Waals surface area contributed by atoms with Gasteiger partial charge in [0, 0.05) is 5.69 Å². The molecule has 3 aromatic rings. The van der Waals surface area contributed by atoms with Gasteiger partial charge in [-0.25, -0.2) is 0 Å². The van der Waals surface area contributed by atoms with Crippen LogP contribution in [-0.4, -0.2) is 11.8 Å². The Hall–Kier alpha value is -3.08. The molecule has 3 rings (SSSR count). The van der Waals surface area contributed by atoms with E-state index >= 15 is 0 Å². The number of halogens is 1. The smallest absolute Gasteiger partial charge is 0.291 e. The zero-order valence-corrected chi connectivity index (χ0v) is 14.1. The summed E-state index contributed by atoms with van der Waals surface area (Å²) in [5.74, 6) is -0.548. The average molecular weight is 372 g/mol. The van der Waals surface area contributed by atoms with Gasteiger partial charge in [0.05, 0.1) is 26.7 Å². The lowest BCUT2D eigenvalue weighted by atomic mass is 10.2. The van der Waals surface area contributed by atoms with Crippen molar-refractivity contribution in [1.29, 1.82) is 5.26 Å². The number of nitriles is 1. The van der Waals surface area contributed by atoms with Gasteiger partial charge < -0.3 is 15.1 Å². The van der Waals surface area contributed by atoms with Crippen LogP contribution in [0.2, 0.25) is 5.02 Å². The summed E-state index contributed by atoms with van der Waals surface area (Å²) in [6, 6.07) is 13.0. The molecule has 1 aromatic carbocycles. The molecule has 0 aliphatic rings. The minimum absolute atomic E-state index is 0.187. The van der Waals surface area contributed by atoms with Gasteiger partial charge in [-0.15, -0.1) is 11.3 Å². The molecule has 0 saturated carbocycles. The highest BCUT2D eigenvalue weighted by molar-refractivity contribution is 7.18. The molecule has 2 amide bonds. The summed E-state index contributed by atoms with van der Waals surface area (Å²) in [5.41, 5.74) is 0.808. The van der Waals surface area contributed by atoms with Crippen LogP contribution in [-0.2, 0) is 0 Å². The molecule has 0 saturated heterocycles. The number of anilines is 2. The number of carbonyl (C=O) groups excluding carboxylic acids is 2. The Labute approximate surface area is 151 Å². The van der Waals surface area contributed by atoms with Crippen LogP contribution in [0.25, 0.3) is 0 Å². The lowest BCUT2D eigenvalue weighted by Crippen LogP contribution is -2.10. The van der Waals surface area contributed by atoms with E-state index in [1.54, 1.807) is 30.3 Å². The number of nitrogens with zero attached hydrogens (tertiary/aromatic N) is 1. The Morgan fingerprint density at radius 2 is 1.96 bits per heavy atom. The van der Waals surface area contributed by atoms with Crippen LogP contribution < -0.4 is 10.6 Å². The Bertz CT molecular complexity index is 973. The number of amides is 2.